The monoisotopic (exact) mass is 252 g/mol. The SMILES string of the molecule is CCc1occc1C(O)Cc1cccc(F)c1F. The van der Waals surface area contributed by atoms with E-state index in [9.17, 15) is 13.9 Å². The zero-order valence-electron chi connectivity index (χ0n) is 9.99. The number of rotatable bonds is 4. The molecule has 1 unspecified atom stereocenters. The number of hydrogen-bond donors (Lipinski definition) is 1. The predicted molar refractivity (Wildman–Crippen MR) is 63.1 cm³/mol. The van der Waals surface area contributed by atoms with Crippen molar-refractivity contribution in [3.8, 4) is 0 Å². The molecule has 18 heavy (non-hydrogen) atoms. The summed E-state index contributed by atoms with van der Waals surface area (Å²) < 4.78 is 31.7. The lowest BCUT2D eigenvalue weighted by atomic mass is 10.0. The Hall–Kier alpha value is -1.68. The predicted octanol–water partition coefficient (Wildman–Crippen LogP) is 3.40. The number of aryl methyl sites for hydroxylation is 1. The van der Waals surface area contributed by atoms with Crippen LogP contribution in [0.4, 0.5) is 8.78 Å². The molecular formula is C14H14F2O2. The van der Waals surface area contributed by atoms with Crippen molar-refractivity contribution >= 4 is 0 Å². The average Bonchev–Trinajstić information content (AvgIpc) is 2.83. The lowest BCUT2D eigenvalue weighted by Gasteiger charge is -2.11. The van der Waals surface area contributed by atoms with Crippen molar-refractivity contribution in [1.82, 2.24) is 0 Å². The van der Waals surface area contributed by atoms with E-state index >= 15 is 0 Å². The third-order valence-electron chi connectivity index (χ3n) is 2.90. The molecule has 0 radical (unpaired) electrons. The van der Waals surface area contributed by atoms with Gasteiger partial charge in [-0.1, -0.05) is 19.1 Å². The topological polar surface area (TPSA) is 33.4 Å². The highest BCUT2D eigenvalue weighted by atomic mass is 19.2. The summed E-state index contributed by atoms with van der Waals surface area (Å²) in [4.78, 5) is 0. The minimum Gasteiger partial charge on any atom is -0.469 e. The van der Waals surface area contributed by atoms with Gasteiger partial charge in [-0.05, 0) is 17.7 Å². The Balaban J connectivity index is 2.21. The van der Waals surface area contributed by atoms with Gasteiger partial charge in [-0.15, -0.1) is 0 Å². The van der Waals surface area contributed by atoms with Crippen LogP contribution in [0.3, 0.4) is 0 Å². The largest absolute Gasteiger partial charge is 0.469 e. The molecule has 0 fully saturated rings. The Morgan fingerprint density at radius 3 is 2.78 bits per heavy atom. The quantitative estimate of drug-likeness (QED) is 0.904. The van der Waals surface area contributed by atoms with Crippen LogP contribution in [-0.2, 0) is 12.8 Å². The number of hydrogen-bond acceptors (Lipinski definition) is 2. The number of halogens is 2. The lowest BCUT2D eigenvalue weighted by Crippen LogP contribution is -2.05. The third kappa shape index (κ3) is 2.43. The molecule has 0 spiro atoms. The molecule has 1 aromatic heterocycles. The highest BCUT2D eigenvalue weighted by Crippen LogP contribution is 2.25. The summed E-state index contributed by atoms with van der Waals surface area (Å²) >= 11 is 0. The van der Waals surface area contributed by atoms with Gasteiger partial charge >= 0.3 is 0 Å². The number of furan rings is 1. The molecule has 2 nitrogen and oxygen atoms in total. The van der Waals surface area contributed by atoms with Gasteiger partial charge in [0.2, 0.25) is 0 Å². The van der Waals surface area contributed by atoms with Gasteiger partial charge < -0.3 is 9.52 Å². The Morgan fingerprint density at radius 2 is 2.06 bits per heavy atom. The molecular weight excluding hydrogens is 238 g/mol. The number of benzene rings is 1. The molecule has 0 saturated heterocycles. The second-order valence-electron chi connectivity index (χ2n) is 4.09. The van der Waals surface area contributed by atoms with Crippen molar-refractivity contribution in [3.05, 3.63) is 59.1 Å². The van der Waals surface area contributed by atoms with Crippen LogP contribution in [0.25, 0.3) is 0 Å². The van der Waals surface area contributed by atoms with E-state index in [2.05, 4.69) is 0 Å². The third-order valence-corrected chi connectivity index (χ3v) is 2.90. The van der Waals surface area contributed by atoms with Gasteiger partial charge in [0.25, 0.3) is 0 Å². The first-order chi connectivity index (χ1) is 8.63. The van der Waals surface area contributed by atoms with Crippen molar-refractivity contribution in [3.63, 3.8) is 0 Å². The molecule has 1 atom stereocenters. The summed E-state index contributed by atoms with van der Waals surface area (Å²) in [6, 6.07) is 5.60. The maximum atomic E-state index is 13.5. The summed E-state index contributed by atoms with van der Waals surface area (Å²) in [5, 5.41) is 10.0. The minimum absolute atomic E-state index is 0.0239. The first-order valence-corrected chi connectivity index (χ1v) is 5.80. The maximum absolute atomic E-state index is 13.5. The van der Waals surface area contributed by atoms with E-state index < -0.39 is 17.7 Å². The molecule has 2 rings (SSSR count). The van der Waals surface area contributed by atoms with Crippen molar-refractivity contribution < 1.29 is 18.3 Å². The average molecular weight is 252 g/mol. The molecule has 0 aliphatic heterocycles. The molecule has 1 aromatic carbocycles. The van der Waals surface area contributed by atoms with Crippen LogP contribution < -0.4 is 0 Å². The fourth-order valence-corrected chi connectivity index (χ4v) is 1.96. The van der Waals surface area contributed by atoms with E-state index in [1.807, 2.05) is 6.92 Å². The van der Waals surface area contributed by atoms with Gasteiger partial charge in [-0.25, -0.2) is 8.78 Å². The van der Waals surface area contributed by atoms with Crippen LogP contribution in [-0.4, -0.2) is 5.11 Å². The molecule has 96 valence electrons. The van der Waals surface area contributed by atoms with Gasteiger partial charge in [-0.3, -0.25) is 0 Å². The Kier molecular flexibility index (Phi) is 3.77. The lowest BCUT2D eigenvalue weighted by molar-refractivity contribution is 0.174. The van der Waals surface area contributed by atoms with Crippen LogP contribution >= 0.6 is 0 Å². The first-order valence-electron chi connectivity index (χ1n) is 5.80. The molecule has 0 bridgehead atoms. The van der Waals surface area contributed by atoms with Crippen LogP contribution in [0.5, 0.6) is 0 Å². The Bertz CT molecular complexity index is 534. The summed E-state index contributed by atoms with van der Waals surface area (Å²) in [5.41, 5.74) is 0.784. The first kappa shape index (κ1) is 12.8. The standard InChI is InChI=1S/C14H14F2O2/c1-2-13-10(6-7-18-13)12(17)8-9-4-3-5-11(15)14(9)16/h3-7,12,17H,2,8H2,1H3. The summed E-state index contributed by atoms with van der Waals surface area (Å²) in [6.07, 6.45) is 1.26. The molecule has 0 amide bonds. The number of aliphatic hydroxyl groups excluding tert-OH is 1. The van der Waals surface area contributed by atoms with E-state index in [0.29, 0.717) is 17.7 Å². The van der Waals surface area contributed by atoms with Crippen molar-refractivity contribution in [1.29, 1.82) is 0 Å². The van der Waals surface area contributed by atoms with E-state index in [1.54, 1.807) is 6.07 Å². The van der Waals surface area contributed by atoms with E-state index in [-0.39, 0.29) is 12.0 Å². The zero-order valence-corrected chi connectivity index (χ0v) is 9.99. The van der Waals surface area contributed by atoms with Gasteiger partial charge in [-0.2, -0.15) is 0 Å². The van der Waals surface area contributed by atoms with E-state index in [1.165, 1.54) is 18.4 Å². The fourth-order valence-electron chi connectivity index (χ4n) is 1.96. The molecule has 1 N–H and O–H groups in total. The van der Waals surface area contributed by atoms with Crippen molar-refractivity contribution in [2.45, 2.75) is 25.9 Å². The van der Waals surface area contributed by atoms with E-state index in [4.69, 9.17) is 4.42 Å². The van der Waals surface area contributed by atoms with Crippen LogP contribution in [0, 0.1) is 11.6 Å². The summed E-state index contributed by atoms with van der Waals surface area (Å²) in [6.45, 7) is 1.90. The van der Waals surface area contributed by atoms with Gasteiger partial charge in [0.1, 0.15) is 5.76 Å². The molecule has 2 aromatic rings. The van der Waals surface area contributed by atoms with Gasteiger partial charge in [0.05, 0.1) is 12.4 Å². The summed E-state index contributed by atoms with van der Waals surface area (Å²) in [5.74, 6) is -1.14. The highest BCUT2D eigenvalue weighted by molar-refractivity contribution is 5.25. The Labute approximate surface area is 104 Å². The zero-order chi connectivity index (χ0) is 13.1. The number of aliphatic hydroxyl groups is 1. The maximum Gasteiger partial charge on any atom is 0.162 e. The van der Waals surface area contributed by atoms with Crippen LogP contribution in [0.15, 0.2) is 34.9 Å². The van der Waals surface area contributed by atoms with Crippen LogP contribution in [0.1, 0.15) is 29.9 Å². The molecule has 4 heteroatoms. The smallest absolute Gasteiger partial charge is 0.162 e. The van der Waals surface area contributed by atoms with Crippen molar-refractivity contribution in [2.24, 2.45) is 0 Å². The molecule has 0 saturated carbocycles. The van der Waals surface area contributed by atoms with Gasteiger partial charge in [0, 0.05) is 18.4 Å². The van der Waals surface area contributed by atoms with E-state index in [0.717, 1.165) is 6.07 Å². The normalized spacial score (nSPS) is 12.7. The molecule has 1 heterocycles. The highest BCUT2D eigenvalue weighted by Gasteiger charge is 2.17. The fraction of sp³-hybridized carbons (Fsp3) is 0.286. The molecule has 0 aliphatic rings. The molecule has 0 aliphatic carbocycles. The second-order valence-corrected chi connectivity index (χ2v) is 4.09. The van der Waals surface area contributed by atoms with Crippen molar-refractivity contribution in [2.75, 3.05) is 0 Å². The van der Waals surface area contributed by atoms with Gasteiger partial charge in [0.15, 0.2) is 11.6 Å². The minimum atomic E-state index is -0.905. The second kappa shape index (κ2) is 5.31. The summed E-state index contributed by atoms with van der Waals surface area (Å²) in [7, 11) is 0. The Morgan fingerprint density at radius 1 is 1.28 bits per heavy atom. The van der Waals surface area contributed by atoms with Crippen LogP contribution in [0.2, 0.25) is 0 Å².